The number of thiazole rings is 1. The Balaban J connectivity index is 1.42. The molecule has 1 aliphatic heterocycles. The minimum atomic E-state index is 0.0574. The summed E-state index contributed by atoms with van der Waals surface area (Å²) in [5, 5.41) is 6.35. The van der Waals surface area contributed by atoms with E-state index in [9.17, 15) is 4.79 Å². The van der Waals surface area contributed by atoms with Crippen LogP contribution in [0.4, 0.5) is 5.69 Å². The van der Waals surface area contributed by atoms with E-state index in [2.05, 4.69) is 41.3 Å². The number of nitrogens with zero attached hydrogens (tertiary/aromatic N) is 3. The van der Waals surface area contributed by atoms with Gasteiger partial charge in [-0.25, -0.2) is 4.98 Å². The summed E-state index contributed by atoms with van der Waals surface area (Å²) in [5.74, 6) is 0.0574. The number of benzene rings is 1. The zero-order valence-electron chi connectivity index (χ0n) is 16.8. The second-order valence-corrected chi connectivity index (χ2v) is 9.29. The smallest absolute Gasteiger partial charge is 0.238 e. The van der Waals surface area contributed by atoms with E-state index in [0.717, 1.165) is 38.4 Å². The van der Waals surface area contributed by atoms with Gasteiger partial charge in [0.25, 0.3) is 0 Å². The molecule has 0 saturated carbocycles. The van der Waals surface area contributed by atoms with Crippen LogP contribution in [-0.2, 0) is 16.8 Å². The predicted molar refractivity (Wildman–Crippen MR) is 112 cm³/mol. The first-order valence-corrected chi connectivity index (χ1v) is 10.4. The molecular formula is C21H30N4OS. The van der Waals surface area contributed by atoms with Crippen LogP contribution in [0.2, 0.25) is 0 Å². The molecule has 0 radical (unpaired) electrons. The van der Waals surface area contributed by atoms with Crippen molar-refractivity contribution in [1.82, 2.24) is 14.8 Å². The summed E-state index contributed by atoms with van der Waals surface area (Å²) < 4.78 is 0. The monoisotopic (exact) mass is 386 g/mol. The minimum absolute atomic E-state index is 0.0574. The number of aromatic nitrogens is 1. The van der Waals surface area contributed by atoms with Crippen LogP contribution in [0, 0.1) is 6.92 Å². The Hall–Kier alpha value is -1.76. The fourth-order valence-corrected chi connectivity index (χ4v) is 4.13. The van der Waals surface area contributed by atoms with Gasteiger partial charge < -0.3 is 5.32 Å². The number of aryl methyl sites for hydroxylation is 1. The lowest BCUT2D eigenvalue weighted by molar-refractivity contribution is -0.117. The first-order valence-electron chi connectivity index (χ1n) is 9.56. The van der Waals surface area contributed by atoms with Crippen molar-refractivity contribution in [3.05, 3.63) is 45.9 Å². The zero-order valence-corrected chi connectivity index (χ0v) is 17.6. The summed E-state index contributed by atoms with van der Waals surface area (Å²) in [6.07, 6.45) is 0. The van der Waals surface area contributed by atoms with Gasteiger partial charge in [-0.1, -0.05) is 38.5 Å². The highest BCUT2D eigenvalue weighted by atomic mass is 32.1. The van der Waals surface area contributed by atoms with Crippen molar-refractivity contribution in [2.24, 2.45) is 0 Å². The zero-order chi connectivity index (χ0) is 19.4. The van der Waals surface area contributed by atoms with Crippen LogP contribution in [0.1, 0.15) is 37.0 Å². The molecule has 27 heavy (non-hydrogen) atoms. The van der Waals surface area contributed by atoms with Crippen LogP contribution in [0.25, 0.3) is 0 Å². The van der Waals surface area contributed by atoms with Gasteiger partial charge in [-0.15, -0.1) is 11.3 Å². The van der Waals surface area contributed by atoms with Crippen molar-refractivity contribution in [1.29, 1.82) is 0 Å². The Labute approximate surface area is 166 Å². The van der Waals surface area contributed by atoms with Gasteiger partial charge >= 0.3 is 0 Å². The fourth-order valence-electron chi connectivity index (χ4n) is 3.07. The molecule has 1 saturated heterocycles. The van der Waals surface area contributed by atoms with Crippen molar-refractivity contribution in [2.45, 2.75) is 39.7 Å². The molecule has 1 N–H and O–H groups in total. The Morgan fingerprint density at radius 2 is 1.74 bits per heavy atom. The standard InChI is InChI=1S/C21H30N4OS/c1-16-5-7-17(8-6-16)22-19(26)13-24-9-11-25(12-10-24)14-20-23-18(15-27-20)21(2,3)4/h5-8,15H,9-14H2,1-4H3,(H,22,26). The van der Waals surface area contributed by atoms with E-state index >= 15 is 0 Å². The number of carbonyl (C=O) groups is 1. The van der Waals surface area contributed by atoms with E-state index in [-0.39, 0.29) is 11.3 Å². The first kappa shape index (κ1) is 20.0. The molecule has 2 aromatic rings. The SMILES string of the molecule is Cc1ccc(NC(=O)CN2CCN(Cc3nc(C(C)(C)C)cs3)CC2)cc1. The molecule has 0 aliphatic carbocycles. The van der Waals surface area contributed by atoms with Crippen LogP contribution in [-0.4, -0.2) is 53.4 Å². The van der Waals surface area contributed by atoms with E-state index in [1.54, 1.807) is 11.3 Å². The number of anilines is 1. The predicted octanol–water partition coefficient (Wildman–Crippen LogP) is 3.51. The van der Waals surface area contributed by atoms with Gasteiger partial charge in [-0.3, -0.25) is 14.6 Å². The molecule has 0 bridgehead atoms. The second-order valence-electron chi connectivity index (χ2n) is 8.34. The molecule has 6 heteroatoms. The highest BCUT2D eigenvalue weighted by Gasteiger charge is 2.21. The van der Waals surface area contributed by atoms with Gasteiger partial charge in [0.2, 0.25) is 5.91 Å². The van der Waals surface area contributed by atoms with E-state index < -0.39 is 0 Å². The highest BCUT2D eigenvalue weighted by molar-refractivity contribution is 7.09. The van der Waals surface area contributed by atoms with E-state index in [4.69, 9.17) is 4.98 Å². The van der Waals surface area contributed by atoms with Crippen LogP contribution in [0.5, 0.6) is 0 Å². The van der Waals surface area contributed by atoms with Gasteiger partial charge in [0.05, 0.1) is 18.8 Å². The quantitative estimate of drug-likeness (QED) is 0.854. The molecule has 1 aromatic heterocycles. The number of piperazine rings is 1. The lowest BCUT2D eigenvalue weighted by Crippen LogP contribution is -2.48. The number of nitrogens with one attached hydrogen (secondary N) is 1. The van der Waals surface area contributed by atoms with E-state index in [1.165, 1.54) is 16.3 Å². The second kappa shape index (κ2) is 8.50. The average molecular weight is 387 g/mol. The molecule has 5 nitrogen and oxygen atoms in total. The third-order valence-corrected chi connectivity index (χ3v) is 5.68. The molecule has 0 unspecified atom stereocenters. The van der Waals surface area contributed by atoms with Gasteiger partial charge in [-0.05, 0) is 19.1 Å². The molecule has 1 amide bonds. The van der Waals surface area contributed by atoms with E-state index in [0.29, 0.717) is 6.54 Å². The van der Waals surface area contributed by atoms with Crippen molar-refractivity contribution >= 4 is 22.9 Å². The number of carbonyl (C=O) groups excluding carboxylic acids is 1. The summed E-state index contributed by atoms with van der Waals surface area (Å²) in [7, 11) is 0. The van der Waals surface area contributed by atoms with Gasteiger partial charge in [0, 0.05) is 42.7 Å². The maximum Gasteiger partial charge on any atom is 0.238 e. The van der Waals surface area contributed by atoms with Gasteiger partial charge in [-0.2, -0.15) is 0 Å². The summed E-state index contributed by atoms with van der Waals surface area (Å²) in [5.41, 5.74) is 3.34. The number of hydrogen-bond donors (Lipinski definition) is 1. The van der Waals surface area contributed by atoms with Crippen molar-refractivity contribution in [2.75, 3.05) is 38.0 Å². The molecule has 3 rings (SSSR count). The topological polar surface area (TPSA) is 48.5 Å². The van der Waals surface area contributed by atoms with Crippen molar-refractivity contribution < 1.29 is 4.79 Å². The summed E-state index contributed by atoms with van der Waals surface area (Å²) >= 11 is 1.75. The molecule has 1 aromatic carbocycles. The highest BCUT2D eigenvalue weighted by Crippen LogP contribution is 2.24. The lowest BCUT2D eigenvalue weighted by atomic mass is 9.93. The third-order valence-electron chi connectivity index (χ3n) is 4.85. The molecule has 0 atom stereocenters. The Kier molecular flexibility index (Phi) is 6.29. The molecule has 2 heterocycles. The Morgan fingerprint density at radius 3 is 2.33 bits per heavy atom. The maximum absolute atomic E-state index is 12.3. The molecule has 0 spiro atoms. The molecule has 146 valence electrons. The summed E-state index contributed by atoms with van der Waals surface area (Å²) in [4.78, 5) is 21.7. The van der Waals surface area contributed by atoms with Gasteiger partial charge in [0.1, 0.15) is 5.01 Å². The van der Waals surface area contributed by atoms with Crippen LogP contribution in [0.15, 0.2) is 29.6 Å². The van der Waals surface area contributed by atoms with E-state index in [1.807, 2.05) is 31.2 Å². The lowest BCUT2D eigenvalue weighted by Gasteiger charge is -2.33. The van der Waals surface area contributed by atoms with Crippen molar-refractivity contribution in [3.63, 3.8) is 0 Å². The Morgan fingerprint density at radius 1 is 1.11 bits per heavy atom. The number of hydrogen-bond acceptors (Lipinski definition) is 5. The normalized spacial score (nSPS) is 16.4. The maximum atomic E-state index is 12.3. The molecular weight excluding hydrogens is 356 g/mol. The number of rotatable bonds is 5. The first-order chi connectivity index (χ1) is 12.8. The van der Waals surface area contributed by atoms with Crippen LogP contribution >= 0.6 is 11.3 Å². The minimum Gasteiger partial charge on any atom is -0.325 e. The third kappa shape index (κ3) is 5.86. The number of amides is 1. The van der Waals surface area contributed by atoms with Crippen molar-refractivity contribution in [3.8, 4) is 0 Å². The van der Waals surface area contributed by atoms with Crippen LogP contribution in [0.3, 0.4) is 0 Å². The van der Waals surface area contributed by atoms with Crippen LogP contribution < -0.4 is 5.32 Å². The molecule has 1 aliphatic rings. The summed E-state index contributed by atoms with van der Waals surface area (Å²) in [6.45, 7) is 13.8. The fraction of sp³-hybridized carbons (Fsp3) is 0.524. The Bertz CT molecular complexity index is 755. The molecule has 1 fully saturated rings. The van der Waals surface area contributed by atoms with Gasteiger partial charge in [0.15, 0.2) is 0 Å². The summed E-state index contributed by atoms with van der Waals surface area (Å²) in [6, 6.07) is 7.92. The largest absolute Gasteiger partial charge is 0.325 e. The average Bonchev–Trinajstić information content (AvgIpc) is 3.08.